The van der Waals surface area contributed by atoms with E-state index in [9.17, 15) is 4.39 Å². The fourth-order valence-corrected chi connectivity index (χ4v) is 2.56. The Balaban J connectivity index is 1.85. The van der Waals surface area contributed by atoms with Crippen LogP contribution >= 0.6 is 0 Å². The molecule has 7 nitrogen and oxygen atoms in total. The minimum absolute atomic E-state index is 0.348. The van der Waals surface area contributed by atoms with Gasteiger partial charge < -0.3 is 0 Å². The second-order valence-electron chi connectivity index (χ2n) is 5.54. The van der Waals surface area contributed by atoms with E-state index < -0.39 is 0 Å². The van der Waals surface area contributed by atoms with Crippen molar-refractivity contribution in [2.45, 2.75) is 20.3 Å². The highest BCUT2D eigenvalue weighted by Crippen LogP contribution is 2.22. The summed E-state index contributed by atoms with van der Waals surface area (Å²) in [4.78, 5) is 17.3. The van der Waals surface area contributed by atoms with E-state index in [0.29, 0.717) is 29.7 Å². The smallest absolute Gasteiger partial charge is 0.217 e. The number of aryl methyl sites for hydroxylation is 2. The van der Waals surface area contributed by atoms with Crippen molar-refractivity contribution in [3.05, 3.63) is 59.4 Å². The summed E-state index contributed by atoms with van der Waals surface area (Å²) < 4.78 is 15.4. The summed E-state index contributed by atoms with van der Waals surface area (Å²) in [5.41, 5.74) is 2.52. The van der Waals surface area contributed by atoms with Gasteiger partial charge in [0, 0.05) is 25.0 Å². The van der Waals surface area contributed by atoms with Gasteiger partial charge in [-0.2, -0.15) is 5.10 Å². The normalized spacial score (nSPS) is 11.3. The molecule has 0 fully saturated rings. The van der Waals surface area contributed by atoms with Gasteiger partial charge in [0.15, 0.2) is 5.82 Å². The lowest BCUT2D eigenvalue weighted by atomic mass is 10.1. The van der Waals surface area contributed by atoms with Crippen LogP contribution in [0.5, 0.6) is 0 Å². The van der Waals surface area contributed by atoms with Gasteiger partial charge in [0.1, 0.15) is 17.5 Å². The molecule has 4 rings (SSSR count). The topological polar surface area (TPSA) is 84.6 Å². The highest BCUT2D eigenvalue weighted by atomic mass is 19.1. The minimum atomic E-state index is -0.348. The van der Waals surface area contributed by atoms with Crippen molar-refractivity contribution in [3.63, 3.8) is 0 Å². The predicted octanol–water partition coefficient (Wildman–Crippen LogP) is 2.26. The van der Waals surface area contributed by atoms with E-state index in [1.165, 1.54) is 12.3 Å². The number of nitrogens with one attached hydrogen (secondary N) is 1. The van der Waals surface area contributed by atoms with Gasteiger partial charge in [-0.15, -0.1) is 0 Å². The van der Waals surface area contributed by atoms with Crippen LogP contribution in [-0.2, 0) is 6.42 Å². The second-order valence-corrected chi connectivity index (χ2v) is 5.54. The molecule has 4 aromatic heterocycles. The molecule has 1 N–H and O–H groups in total. The highest BCUT2D eigenvalue weighted by Gasteiger charge is 2.17. The Bertz CT molecular complexity index is 1020. The van der Waals surface area contributed by atoms with E-state index in [2.05, 4.69) is 30.1 Å². The van der Waals surface area contributed by atoms with E-state index in [0.717, 1.165) is 16.8 Å². The fourth-order valence-electron chi connectivity index (χ4n) is 2.56. The number of hydrogen-bond donors (Lipinski definition) is 1. The standard InChI is InChI=1S/C16H14FN7/c1-9-18-6-11(7-19-9)5-13-14-4-3-12(17)8-24(14)16(21-13)15-20-10(2)22-23-15/h3-4,6-8H,5H2,1-2H3,(H,20,22,23). The van der Waals surface area contributed by atoms with Crippen molar-refractivity contribution in [1.29, 1.82) is 0 Å². The molecule has 24 heavy (non-hydrogen) atoms. The summed E-state index contributed by atoms with van der Waals surface area (Å²) in [5, 5.41) is 6.91. The van der Waals surface area contributed by atoms with Crippen LogP contribution in [0.25, 0.3) is 17.2 Å². The van der Waals surface area contributed by atoms with Crippen molar-refractivity contribution in [1.82, 2.24) is 34.5 Å². The van der Waals surface area contributed by atoms with Gasteiger partial charge in [0.25, 0.3) is 0 Å². The van der Waals surface area contributed by atoms with Crippen LogP contribution in [-0.4, -0.2) is 34.5 Å². The molecule has 0 spiro atoms. The molecular formula is C16H14FN7. The van der Waals surface area contributed by atoms with Crippen LogP contribution in [0.2, 0.25) is 0 Å². The maximum Gasteiger partial charge on any atom is 0.217 e. The van der Waals surface area contributed by atoms with Crippen molar-refractivity contribution in [2.24, 2.45) is 0 Å². The lowest BCUT2D eigenvalue weighted by Crippen LogP contribution is -1.94. The molecule has 0 aliphatic rings. The van der Waals surface area contributed by atoms with Crippen LogP contribution in [0.4, 0.5) is 4.39 Å². The molecule has 120 valence electrons. The van der Waals surface area contributed by atoms with Gasteiger partial charge in [-0.1, -0.05) is 0 Å². The average molecular weight is 323 g/mol. The summed E-state index contributed by atoms with van der Waals surface area (Å²) in [6.07, 6.45) is 5.47. The number of hydrogen-bond acceptors (Lipinski definition) is 5. The molecule has 0 atom stereocenters. The largest absolute Gasteiger partial charge is 0.294 e. The molecule has 0 saturated heterocycles. The Hall–Kier alpha value is -3.16. The van der Waals surface area contributed by atoms with Crippen LogP contribution < -0.4 is 0 Å². The van der Waals surface area contributed by atoms with Gasteiger partial charge in [-0.05, 0) is 31.5 Å². The lowest BCUT2D eigenvalue weighted by Gasteiger charge is -2.00. The molecule has 4 heterocycles. The molecule has 0 saturated carbocycles. The molecule has 8 heteroatoms. The van der Waals surface area contributed by atoms with Crippen LogP contribution in [0, 0.1) is 19.7 Å². The van der Waals surface area contributed by atoms with Crippen molar-refractivity contribution >= 4 is 5.52 Å². The number of halogens is 1. The van der Waals surface area contributed by atoms with E-state index in [4.69, 9.17) is 0 Å². The van der Waals surface area contributed by atoms with Gasteiger partial charge in [0.2, 0.25) is 5.82 Å². The van der Waals surface area contributed by atoms with Gasteiger partial charge >= 0.3 is 0 Å². The molecular weight excluding hydrogens is 309 g/mol. The van der Waals surface area contributed by atoms with Crippen LogP contribution in [0.3, 0.4) is 0 Å². The summed E-state index contributed by atoms with van der Waals surface area (Å²) in [6, 6.07) is 3.12. The third-order valence-corrected chi connectivity index (χ3v) is 3.68. The first-order valence-corrected chi connectivity index (χ1v) is 7.43. The van der Waals surface area contributed by atoms with Crippen LogP contribution in [0.15, 0.2) is 30.7 Å². The van der Waals surface area contributed by atoms with Crippen LogP contribution in [0.1, 0.15) is 22.9 Å². The lowest BCUT2D eigenvalue weighted by molar-refractivity contribution is 0.619. The summed E-state index contributed by atoms with van der Waals surface area (Å²) >= 11 is 0. The van der Waals surface area contributed by atoms with E-state index in [-0.39, 0.29) is 5.82 Å². The Kier molecular flexibility index (Phi) is 3.30. The molecule has 0 aliphatic heterocycles. The maximum atomic E-state index is 13.7. The first-order chi connectivity index (χ1) is 11.6. The fraction of sp³-hybridized carbons (Fsp3) is 0.188. The summed E-state index contributed by atoms with van der Waals surface area (Å²) in [7, 11) is 0. The van der Waals surface area contributed by atoms with E-state index in [1.807, 2.05) is 6.92 Å². The zero-order valence-corrected chi connectivity index (χ0v) is 13.2. The third-order valence-electron chi connectivity index (χ3n) is 3.68. The Morgan fingerprint density at radius 3 is 2.62 bits per heavy atom. The van der Waals surface area contributed by atoms with Crippen molar-refractivity contribution in [2.75, 3.05) is 0 Å². The quantitative estimate of drug-likeness (QED) is 0.625. The number of imidazole rings is 1. The van der Waals surface area contributed by atoms with Gasteiger partial charge in [-0.3, -0.25) is 9.50 Å². The number of H-pyrrole nitrogens is 1. The molecule has 4 aromatic rings. The molecule has 0 aromatic carbocycles. The number of fused-ring (bicyclic) bond motifs is 1. The van der Waals surface area contributed by atoms with E-state index in [1.54, 1.807) is 29.8 Å². The first-order valence-electron chi connectivity index (χ1n) is 7.43. The molecule has 0 bridgehead atoms. The number of pyridine rings is 1. The monoisotopic (exact) mass is 323 g/mol. The van der Waals surface area contributed by atoms with Gasteiger partial charge in [-0.25, -0.2) is 24.3 Å². The Morgan fingerprint density at radius 1 is 1.12 bits per heavy atom. The highest BCUT2D eigenvalue weighted by molar-refractivity contribution is 5.62. The summed E-state index contributed by atoms with van der Waals surface area (Å²) in [6.45, 7) is 3.64. The van der Waals surface area contributed by atoms with E-state index >= 15 is 0 Å². The number of nitrogens with zero attached hydrogens (tertiary/aromatic N) is 6. The van der Waals surface area contributed by atoms with Crippen molar-refractivity contribution in [3.8, 4) is 11.6 Å². The molecule has 0 unspecified atom stereocenters. The first kappa shape index (κ1) is 14.4. The Labute approximate surface area is 136 Å². The number of aromatic nitrogens is 7. The summed E-state index contributed by atoms with van der Waals surface area (Å²) in [5.74, 6) is 1.97. The average Bonchev–Trinajstić information content (AvgIpc) is 3.13. The number of aromatic amines is 1. The number of rotatable bonds is 3. The van der Waals surface area contributed by atoms with Crippen molar-refractivity contribution < 1.29 is 4.39 Å². The zero-order chi connectivity index (χ0) is 16.7. The molecule has 0 amide bonds. The minimum Gasteiger partial charge on any atom is -0.294 e. The second kappa shape index (κ2) is 5.48. The SMILES string of the molecule is Cc1ncc(Cc2nc(-c3n[nH]c(C)n3)n3cc(F)ccc23)cn1. The predicted molar refractivity (Wildman–Crippen MR) is 84.8 cm³/mol. The van der Waals surface area contributed by atoms with Gasteiger partial charge in [0.05, 0.1) is 11.2 Å². The molecule has 0 aliphatic carbocycles. The zero-order valence-electron chi connectivity index (χ0n) is 13.2. The maximum absolute atomic E-state index is 13.7. The third kappa shape index (κ3) is 2.51. The molecule has 0 radical (unpaired) electrons. The Morgan fingerprint density at radius 2 is 1.92 bits per heavy atom.